The molecule has 2 amide bonds. The van der Waals surface area contributed by atoms with E-state index in [0.717, 1.165) is 11.1 Å². The highest BCUT2D eigenvalue weighted by Gasteiger charge is 2.35. The second-order valence-electron chi connectivity index (χ2n) is 7.60. The number of rotatable bonds is 6. The van der Waals surface area contributed by atoms with E-state index >= 15 is 0 Å². The standard InChI is InChI=1S/C23H21N7O3/c1-3-14-11-29(21(31)6-7-24)13-18(14)28-22-17(23(25)32)10-27-30-12-16(8-19(22)30)15-4-5-20(33-2)26-9-15/h1,4-5,8-10,12,14,18,28H,6,11,13H2,2H3,(H2,25,32)/t14-,18+/m1/s1. The summed E-state index contributed by atoms with van der Waals surface area (Å²) in [6.45, 7) is 0.629. The number of fused-ring (bicyclic) bond motifs is 1. The lowest BCUT2D eigenvalue weighted by Gasteiger charge is -2.20. The van der Waals surface area contributed by atoms with Crippen molar-refractivity contribution in [2.45, 2.75) is 12.5 Å². The third-order valence-corrected chi connectivity index (χ3v) is 5.63. The van der Waals surface area contributed by atoms with Gasteiger partial charge in [-0.3, -0.25) is 9.59 Å². The van der Waals surface area contributed by atoms with Gasteiger partial charge in [0, 0.05) is 42.7 Å². The lowest BCUT2D eigenvalue weighted by Crippen LogP contribution is -2.32. The van der Waals surface area contributed by atoms with Gasteiger partial charge in [-0.05, 0) is 12.1 Å². The summed E-state index contributed by atoms with van der Waals surface area (Å²) in [6.07, 6.45) is 10.4. The topological polar surface area (TPSA) is 139 Å². The van der Waals surface area contributed by atoms with Gasteiger partial charge in [0.1, 0.15) is 6.42 Å². The number of terminal acetylenes is 1. The van der Waals surface area contributed by atoms with Crippen molar-refractivity contribution >= 4 is 23.0 Å². The van der Waals surface area contributed by atoms with E-state index < -0.39 is 5.91 Å². The van der Waals surface area contributed by atoms with Crippen LogP contribution in [0.1, 0.15) is 16.8 Å². The second kappa shape index (κ2) is 8.89. The molecule has 0 spiro atoms. The van der Waals surface area contributed by atoms with Gasteiger partial charge in [0.25, 0.3) is 5.91 Å². The molecule has 10 heteroatoms. The molecule has 1 aliphatic heterocycles. The van der Waals surface area contributed by atoms with E-state index in [4.69, 9.17) is 22.2 Å². The number of nitrogens with two attached hydrogens (primary N) is 1. The van der Waals surface area contributed by atoms with Crippen molar-refractivity contribution in [2.75, 3.05) is 25.5 Å². The minimum absolute atomic E-state index is 0.206. The predicted molar refractivity (Wildman–Crippen MR) is 120 cm³/mol. The summed E-state index contributed by atoms with van der Waals surface area (Å²) in [7, 11) is 1.55. The molecule has 1 fully saturated rings. The van der Waals surface area contributed by atoms with E-state index in [0.29, 0.717) is 30.2 Å². The monoisotopic (exact) mass is 443 g/mol. The molecule has 0 aliphatic carbocycles. The maximum Gasteiger partial charge on any atom is 0.252 e. The van der Waals surface area contributed by atoms with E-state index in [-0.39, 0.29) is 29.9 Å². The van der Waals surface area contributed by atoms with Crippen molar-refractivity contribution < 1.29 is 14.3 Å². The van der Waals surface area contributed by atoms with Crippen molar-refractivity contribution in [1.29, 1.82) is 5.26 Å². The van der Waals surface area contributed by atoms with Gasteiger partial charge in [-0.15, -0.1) is 6.42 Å². The van der Waals surface area contributed by atoms with Crippen molar-refractivity contribution in [1.82, 2.24) is 19.5 Å². The molecule has 0 unspecified atom stereocenters. The molecule has 166 valence electrons. The van der Waals surface area contributed by atoms with Crippen LogP contribution in [-0.2, 0) is 4.79 Å². The maximum atomic E-state index is 12.2. The van der Waals surface area contributed by atoms with Crippen LogP contribution in [0.2, 0.25) is 0 Å². The first-order valence-electron chi connectivity index (χ1n) is 10.1. The minimum atomic E-state index is -0.644. The zero-order valence-corrected chi connectivity index (χ0v) is 17.9. The number of hydrogen-bond acceptors (Lipinski definition) is 7. The molecule has 0 aromatic carbocycles. The van der Waals surface area contributed by atoms with Crippen LogP contribution in [0.25, 0.3) is 16.6 Å². The van der Waals surface area contributed by atoms with Crippen molar-refractivity contribution in [3.8, 4) is 35.4 Å². The molecule has 2 atom stereocenters. The van der Waals surface area contributed by atoms with Crippen LogP contribution in [0.3, 0.4) is 0 Å². The van der Waals surface area contributed by atoms with Crippen LogP contribution in [0.4, 0.5) is 5.69 Å². The van der Waals surface area contributed by atoms with E-state index in [2.05, 4.69) is 21.3 Å². The van der Waals surface area contributed by atoms with Crippen molar-refractivity contribution in [2.24, 2.45) is 11.7 Å². The van der Waals surface area contributed by atoms with E-state index in [9.17, 15) is 9.59 Å². The predicted octanol–water partition coefficient (Wildman–Crippen LogP) is 1.29. The number of primary amides is 1. The largest absolute Gasteiger partial charge is 0.481 e. The summed E-state index contributed by atoms with van der Waals surface area (Å²) < 4.78 is 6.74. The number of ether oxygens (including phenoxy) is 1. The van der Waals surface area contributed by atoms with Gasteiger partial charge >= 0.3 is 0 Å². The Morgan fingerprint density at radius 3 is 2.79 bits per heavy atom. The molecule has 1 saturated heterocycles. The summed E-state index contributed by atoms with van der Waals surface area (Å²) in [4.78, 5) is 30.2. The number of nitriles is 1. The van der Waals surface area contributed by atoms with Crippen molar-refractivity contribution in [3.05, 3.63) is 42.4 Å². The highest BCUT2D eigenvalue weighted by atomic mass is 16.5. The third kappa shape index (κ3) is 4.14. The molecule has 4 heterocycles. The smallest absolute Gasteiger partial charge is 0.252 e. The lowest BCUT2D eigenvalue weighted by molar-refractivity contribution is -0.129. The van der Waals surface area contributed by atoms with Gasteiger partial charge < -0.3 is 20.7 Å². The summed E-state index contributed by atoms with van der Waals surface area (Å²) in [5.41, 5.74) is 8.59. The Bertz CT molecular complexity index is 1300. The number of carbonyl (C=O) groups is 2. The van der Waals surface area contributed by atoms with Crippen molar-refractivity contribution in [3.63, 3.8) is 0 Å². The Morgan fingerprint density at radius 2 is 2.15 bits per heavy atom. The van der Waals surface area contributed by atoms with Gasteiger partial charge in [0.15, 0.2) is 0 Å². The summed E-state index contributed by atoms with van der Waals surface area (Å²) in [5, 5.41) is 16.5. The van der Waals surface area contributed by atoms with E-state index in [1.807, 2.05) is 24.4 Å². The second-order valence-corrected chi connectivity index (χ2v) is 7.60. The number of methoxy groups -OCH3 is 1. The normalized spacial score (nSPS) is 17.4. The molecule has 4 rings (SSSR count). The number of aromatic nitrogens is 3. The molecule has 0 radical (unpaired) electrons. The minimum Gasteiger partial charge on any atom is -0.481 e. The number of amides is 2. The summed E-state index contributed by atoms with van der Waals surface area (Å²) in [5.74, 6) is 1.97. The molecule has 0 saturated carbocycles. The molecular formula is C23H21N7O3. The van der Waals surface area contributed by atoms with Crippen LogP contribution >= 0.6 is 0 Å². The van der Waals surface area contributed by atoms with E-state index in [1.165, 1.54) is 6.20 Å². The molecule has 3 N–H and O–H groups in total. The third-order valence-electron chi connectivity index (χ3n) is 5.63. The number of pyridine rings is 1. The fraction of sp³-hybridized carbons (Fsp3) is 0.261. The van der Waals surface area contributed by atoms with Crippen LogP contribution in [-0.4, -0.2) is 57.6 Å². The fourth-order valence-electron chi connectivity index (χ4n) is 3.91. The number of likely N-dealkylation sites (tertiary alicyclic amines) is 1. The Balaban J connectivity index is 1.72. The fourth-order valence-corrected chi connectivity index (χ4v) is 3.91. The number of nitrogens with one attached hydrogen (secondary N) is 1. The van der Waals surface area contributed by atoms with Gasteiger partial charge in [-0.25, -0.2) is 9.50 Å². The molecule has 10 nitrogen and oxygen atoms in total. The maximum absolute atomic E-state index is 12.2. The Hall–Kier alpha value is -4.57. The molecule has 1 aliphatic rings. The van der Waals surface area contributed by atoms with E-state index in [1.54, 1.807) is 28.8 Å². The number of nitrogens with zero attached hydrogens (tertiary/aromatic N) is 5. The van der Waals surface area contributed by atoms with Gasteiger partial charge in [0.05, 0.1) is 48.1 Å². The molecular weight excluding hydrogens is 422 g/mol. The lowest BCUT2D eigenvalue weighted by atomic mass is 10.0. The first kappa shape index (κ1) is 21.7. The summed E-state index contributed by atoms with van der Waals surface area (Å²) >= 11 is 0. The molecule has 3 aromatic heterocycles. The Morgan fingerprint density at radius 1 is 1.33 bits per heavy atom. The Labute approximate surface area is 190 Å². The number of anilines is 1. The first-order valence-corrected chi connectivity index (χ1v) is 10.1. The average molecular weight is 443 g/mol. The number of carbonyl (C=O) groups excluding carboxylic acids is 2. The van der Waals surface area contributed by atoms with Crippen LogP contribution in [0, 0.1) is 29.6 Å². The highest BCUT2D eigenvalue weighted by molar-refractivity contribution is 6.02. The van der Waals surface area contributed by atoms with Crippen LogP contribution in [0.5, 0.6) is 5.88 Å². The van der Waals surface area contributed by atoms with Gasteiger partial charge in [-0.1, -0.05) is 5.92 Å². The Kier molecular flexibility index (Phi) is 5.83. The highest BCUT2D eigenvalue weighted by Crippen LogP contribution is 2.31. The molecule has 33 heavy (non-hydrogen) atoms. The van der Waals surface area contributed by atoms with Gasteiger partial charge in [0.2, 0.25) is 11.8 Å². The quantitative estimate of drug-likeness (QED) is 0.547. The van der Waals surface area contributed by atoms with Crippen LogP contribution in [0.15, 0.2) is 36.8 Å². The summed E-state index contributed by atoms with van der Waals surface area (Å²) in [6, 6.07) is 7.02. The average Bonchev–Trinajstić information content (AvgIpc) is 3.43. The van der Waals surface area contributed by atoms with Crippen LogP contribution < -0.4 is 15.8 Å². The first-order chi connectivity index (χ1) is 15.9. The molecule has 3 aromatic rings. The van der Waals surface area contributed by atoms with Gasteiger partial charge in [-0.2, -0.15) is 10.4 Å². The zero-order valence-electron chi connectivity index (χ0n) is 17.9. The number of hydrogen-bond donors (Lipinski definition) is 2. The SMILES string of the molecule is C#C[C@@H]1CN(C(=O)CC#N)C[C@@H]1Nc1c(C(N)=O)cnn2cc(-c3ccc(OC)nc3)cc12. The zero-order chi connectivity index (χ0) is 23.5. The molecule has 0 bridgehead atoms.